The zero-order valence-corrected chi connectivity index (χ0v) is 20.4. The second-order valence-corrected chi connectivity index (χ2v) is 10.3. The Labute approximate surface area is 197 Å². The van der Waals surface area contributed by atoms with Crippen LogP contribution >= 0.6 is 0 Å². The van der Waals surface area contributed by atoms with Gasteiger partial charge in [0.1, 0.15) is 5.82 Å². The fraction of sp³-hybridized carbons (Fsp3) is 0.261. The highest BCUT2D eigenvalue weighted by atomic mass is 32.2. The van der Waals surface area contributed by atoms with Crippen molar-refractivity contribution in [2.75, 3.05) is 31.8 Å². The van der Waals surface area contributed by atoms with E-state index >= 15 is 0 Å². The van der Waals surface area contributed by atoms with Gasteiger partial charge in [0, 0.05) is 26.7 Å². The number of H-pyrrole nitrogens is 1. The Balaban J connectivity index is 2.11. The monoisotopic (exact) mass is 485 g/mol. The van der Waals surface area contributed by atoms with Crippen molar-refractivity contribution in [3.63, 3.8) is 0 Å². The molecule has 2 aromatic carbocycles. The fourth-order valence-corrected chi connectivity index (χ4v) is 4.75. The van der Waals surface area contributed by atoms with Gasteiger partial charge in [-0.1, -0.05) is 30.3 Å². The van der Waals surface area contributed by atoms with Gasteiger partial charge in [0.05, 0.1) is 11.4 Å². The van der Waals surface area contributed by atoms with Crippen molar-refractivity contribution in [2.24, 2.45) is 0 Å². The van der Waals surface area contributed by atoms with E-state index < -0.39 is 27.2 Å². The number of aromatic nitrogens is 2. The molecule has 3 N–H and O–H groups in total. The average Bonchev–Trinajstić information content (AvgIpc) is 2.78. The summed E-state index contributed by atoms with van der Waals surface area (Å²) in [5.41, 5.74) is 6.39. The first-order valence-electron chi connectivity index (χ1n) is 10.3. The van der Waals surface area contributed by atoms with Crippen LogP contribution in [0, 0.1) is 13.8 Å². The Morgan fingerprint density at radius 3 is 2.26 bits per heavy atom. The smallest absolute Gasteiger partial charge is 0.330 e. The van der Waals surface area contributed by atoms with Gasteiger partial charge in [0.15, 0.2) is 5.69 Å². The second-order valence-electron chi connectivity index (χ2n) is 8.13. The average molecular weight is 486 g/mol. The molecule has 10 nitrogen and oxygen atoms in total. The summed E-state index contributed by atoms with van der Waals surface area (Å²) in [6, 6.07) is 11.9. The molecule has 0 atom stereocenters. The predicted molar refractivity (Wildman–Crippen MR) is 131 cm³/mol. The first-order valence-corrected chi connectivity index (χ1v) is 11.8. The zero-order valence-electron chi connectivity index (χ0n) is 19.6. The number of aromatic amines is 1. The van der Waals surface area contributed by atoms with Crippen molar-refractivity contribution in [3.8, 4) is 0 Å². The van der Waals surface area contributed by atoms with Gasteiger partial charge in [-0.05, 0) is 42.7 Å². The minimum Gasteiger partial charge on any atom is -0.383 e. The van der Waals surface area contributed by atoms with Crippen LogP contribution in [0.25, 0.3) is 0 Å². The van der Waals surface area contributed by atoms with Gasteiger partial charge in [-0.3, -0.25) is 19.1 Å². The van der Waals surface area contributed by atoms with E-state index in [2.05, 4.69) is 4.98 Å². The molecule has 0 spiro atoms. The van der Waals surface area contributed by atoms with Gasteiger partial charge in [0.2, 0.25) is 10.0 Å². The molecule has 34 heavy (non-hydrogen) atoms. The number of nitrogen functional groups attached to an aromatic ring is 1. The number of benzene rings is 2. The summed E-state index contributed by atoms with van der Waals surface area (Å²) in [4.78, 5) is 41.6. The largest absolute Gasteiger partial charge is 0.383 e. The number of rotatable bonds is 6. The minimum atomic E-state index is -3.82. The standard InChI is InChI=1S/C23H27N5O5S/c1-14-11-17(12-18(15(14)2)34(32,33)26(3)4)22(30)27(5)19-20(24)28(23(31)25-21(19)29)13-16-9-7-6-8-10-16/h6-12H,13,24H2,1-5H3,(H,25,29,31). The van der Waals surface area contributed by atoms with E-state index in [0.717, 1.165) is 19.3 Å². The lowest BCUT2D eigenvalue weighted by Gasteiger charge is -2.22. The van der Waals surface area contributed by atoms with Gasteiger partial charge in [-0.2, -0.15) is 0 Å². The second kappa shape index (κ2) is 9.27. The SMILES string of the molecule is Cc1cc(C(=O)N(C)c2c(N)n(Cc3ccccc3)c(=O)[nH]c2=O)cc(S(=O)(=O)N(C)C)c1C. The first kappa shape index (κ1) is 24.9. The summed E-state index contributed by atoms with van der Waals surface area (Å²) < 4.78 is 27.8. The van der Waals surface area contributed by atoms with Crippen LogP contribution in [0.15, 0.2) is 56.9 Å². The highest BCUT2D eigenvalue weighted by molar-refractivity contribution is 7.89. The molecule has 3 aromatic rings. The third-order valence-corrected chi connectivity index (χ3v) is 7.60. The van der Waals surface area contributed by atoms with Gasteiger partial charge in [-0.25, -0.2) is 17.5 Å². The Hall–Kier alpha value is -3.70. The lowest BCUT2D eigenvalue weighted by molar-refractivity contribution is 0.0992. The van der Waals surface area contributed by atoms with Crippen LogP contribution in [-0.4, -0.2) is 49.3 Å². The van der Waals surface area contributed by atoms with Crippen molar-refractivity contribution in [1.82, 2.24) is 13.9 Å². The molecule has 0 fully saturated rings. The zero-order chi connectivity index (χ0) is 25.4. The number of carbonyl (C=O) groups is 1. The Kier molecular flexibility index (Phi) is 6.80. The number of anilines is 2. The Bertz CT molecular complexity index is 1470. The molecule has 1 aromatic heterocycles. The molecular weight excluding hydrogens is 458 g/mol. The molecule has 1 heterocycles. The van der Waals surface area contributed by atoms with Crippen LogP contribution < -0.4 is 21.9 Å². The van der Waals surface area contributed by atoms with Crippen molar-refractivity contribution in [3.05, 3.63) is 85.6 Å². The van der Waals surface area contributed by atoms with E-state index in [1.54, 1.807) is 44.2 Å². The molecule has 180 valence electrons. The number of nitrogens with zero attached hydrogens (tertiary/aromatic N) is 3. The number of aryl methyl sites for hydroxylation is 1. The first-order chi connectivity index (χ1) is 15.9. The summed E-state index contributed by atoms with van der Waals surface area (Å²) in [5, 5.41) is 0. The van der Waals surface area contributed by atoms with Crippen LogP contribution in [0.2, 0.25) is 0 Å². The molecule has 0 saturated heterocycles. The van der Waals surface area contributed by atoms with Crippen molar-refractivity contribution >= 4 is 27.4 Å². The molecule has 0 aliphatic heterocycles. The van der Waals surface area contributed by atoms with Gasteiger partial charge >= 0.3 is 5.69 Å². The molecule has 11 heteroatoms. The summed E-state index contributed by atoms with van der Waals surface area (Å²) in [6.07, 6.45) is 0. The Morgan fingerprint density at radius 2 is 1.68 bits per heavy atom. The van der Waals surface area contributed by atoms with Crippen molar-refractivity contribution in [1.29, 1.82) is 0 Å². The predicted octanol–water partition coefficient (Wildman–Crippen LogP) is 1.31. The molecular formula is C23H27N5O5S. The fourth-order valence-electron chi connectivity index (χ4n) is 3.53. The number of carbonyl (C=O) groups excluding carboxylic acids is 1. The normalized spacial score (nSPS) is 11.6. The summed E-state index contributed by atoms with van der Waals surface area (Å²) in [5.74, 6) is -0.834. The van der Waals surface area contributed by atoms with E-state index in [1.807, 2.05) is 6.07 Å². The van der Waals surface area contributed by atoms with E-state index in [9.17, 15) is 22.8 Å². The number of sulfonamides is 1. The summed E-state index contributed by atoms with van der Waals surface area (Å²) in [6.45, 7) is 3.44. The highest BCUT2D eigenvalue weighted by Gasteiger charge is 2.26. The van der Waals surface area contributed by atoms with E-state index in [-0.39, 0.29) is 28.5 Å². The summed E-state index contributed by atoms with van der Waals surface area (Å²) in [7, 11) is 0.335. The van der Waals surface area contributed by atoms with Crippen LogP contribution in [0.4, 0.5) is 11.5 Å². The van der Waals surface area contributed by atoms with E-state index in [4.69, 9.17) is 5.73 Å². The van der Waals surface area contributed by atoms with Gasteiger partial charge in [-0.15, -0.1) is 0 Å². The van der Waals surface area contributed by atoms with Crippen molar-refractivity contribution < 1.29 is 13.2 Å². The quantitative estimate of drug-likeness (QED) is 0.540. The highest BCUT2D eigenvalue weighted by Crippen LogP contribution is 2.25. The number of amides is 1. The summed E-state index contributed by atoms with van der Waals surface area (Å²) >= 11 is 0. The van der Waals surface area contributed by atoms with Gasteiger partial charge in [0.25, 0.3) is 11.5 Å². The maximum absolute atomic E-state index is 13.3. The maximum Gasteiger partial charge on any atom is 0.330 e. The maximum atomic E-state index is 13.3. The molecule has 0 aliphatic carbocycles. The minimum absolute atomic E-state index is 0.00909. The van der Waals surface area contributed by atoms with Crippen LogP contribution in [0.5, 0.6) is 0 Å². The van der Waals surface area contributed by atoms with E-state index in [0.29, 0.717) is 11.1 Å². The van der Waals surface area contributed by atoms with Crippen LogP contribution in [0.1, 0.15) is 27.0 Å². The molecule has 0 saturated carbocycles. The topological polar surface area (TPSA) is 139 Å². The van der Waals surface area contributed by atoms with Crippen LogP contribution in [0.3, 0.4) is 0 Å². The third-order valence-electron chi connectivity index (χ3n) is 5.66. The molecule has 0 aliphatic rings. The van der Waals surface area contributed by atoms with Gasteiger partial charge < -0.3 is 10.6 Å². The number of hydrogen-bond donors (Lipinski definition) is 2. The van der Waals surface area contributed by atoms with Crippen molar-refractivity contribution in [2.45, 2.75) is 25.3 Å². The molecule has 0 unspecified atom stereocenters. The lowest BCUT2D eigenvalue weighted by atomic mass is 10.1. The number of nitrogens with two attached hydrogens (primary N) is 1. The number of hydrogen-bond acceptors (Lipinski definition) is 6. The molecule has 0 radical (unpaired) electrons. The molecule has 3 rings (SSSR count). The van der Waals surface area contributed by atoms with Crippen LogP contribution in [-0.2, 0) is 16.6 Å². The van der Waals surface area contributed by atoms with E-state index in [1.165, 1.54) is 27.2 Å². The Morgan fingerprint density at radius 1 is 1.06 bits per heavy atom. The third kappa shape index (κ3) is 4.52. The molecule has 1 amide bonds. The lowest BCUT2D eigenvalue weighted by Crippen LogP contribution is -2.39. The molecule has 0 bridgehead atoms. The number of nitrogens with one attached hydrogen (secondary N) is 1.